The summed E-state index contributed by atoms with van der Waals surface area (Å²) in [6.07, 6.45) is 4.84. The maximum Gasteiger partial charge on any atom is 0.213 e. The average Bonchev–Trinajstić information content (AvgIpc) is 3.32. The fraction of sp³-hybridized carbons (Fsp3) is 0.143. The molecule has 0 atom stereocenters. The number of hydrogen-bond acceptors (Lipinski definition) is 6. The van der Waals surface area contributed by atoms with Crippen LogP contribution < -0.4 is 4.74 Å². The van der Waals surface area contributed by atoms with Gasteiger partial charge in [-0.3, -0.25) is 4.98 Å². The largest absolute Gasteiger partial charge is 0.481 e. The second-order valence-electron chi connectivity index (χ2n) is 6.45. The highest BCUT2D eigenvalue weighted by atomic mass is 32.1. The van der Waals surface area contributed by atoms with E-state index < -0.39 is 0 Å². The van der Waals surface area contributed by atoms with Crippen molar-refractivity contribution in [3.63, 3.8) is 0 Å². The van der Waals surface area contributed by atoms with E-state index in [0.717, 1.165) is 51.4 Å². The number of nitrogens with zero attached hydrogens (tertiary/aromatic N) is 4. The molecule has 0 radical (unpaired) electrons. The Morgan fingerprint density at radius 2 is 1.96 bits per heavy atom. The summed E-state index contributed by atoms with van der Waals surface area (Å²) < 4.78 is 6.48. The number of hydrogen-bond donors (Lipinski definition) is 0. The van der Waals surface area contributed by atoms with E-state index in [-0.39, 0.29) is 0 Å². The Morgan fingerprint density at radius 1 is 1.04 bits per heavy atom. The Bertz CT molecular complexity index is 1210. The average molecular weight is 372 g/mol. The van der Waals surface area contributed by atoms with Gasteiger partial charge < -0.3 is 4.74 Å². The number of aromatic nitrogens is 4. The molecule has 1 aromatic carbocycles. The molecule has 5 nitrogen and oxygen atoms in total. The van der Waals surface area contributed by atoms with E-state index in [2.05, 4.69) is 39.2 Å². The molecular formula is C21H16N4OS. The van der Waals surface area contributed by atoms with Gasteiger partial charge in [0.1, 0.15) is 0 Å². The van der Waals surface area contributed by atoms with Crippen molar-refractivity contribution in [3.05, 3.63) is 70.8 Å². The monoisotopic (exact) mass is 372 g/mol. The maximum absolute atomic E-state index is 5.30. The van der Waals surface area contributed by atoms with Crippen LogP contribution in [0.25, 0.3) is 27.0 Å². The summed E-state index contributed by atoms with van der Waals surface area (Å²) in [5, 5.41) is 0. The molecule has 4 aromatic rings. The van der Waals surface area contributed by atoms with Gasteiger partial charge in [-0.05, 0) is 30.7 Å². The van der Waals surface area contributed by atoms with Crippen molar-refractivity contribution in [3.8, 4) is 17.1 Å². The van der Waals surface area contributed by atoms with Crippen LogP contribution in [0.15, 0.2) is 48.1 Å². The quantitative estimate of drug-likeness (QED) is 0.532. The minimum atomic E-state index is 0.582. The van der Waals surface area contributed by atoms with E-state index in [1.807, 2.05) is 30.8 Å². The van der Waals surface area contributed by atoms with Crippen LogP contribution in [0.5, 0.6) is 5.88 Å². The van der Waals surface area contributed by atoms with Crippen LogP contribution in [0.3, 0.4) is 0 Å². The Kier molecular flexibility index (Phi) is 3.72. The molecule has 1 aliphatic carbocycles. The molecule has 3 aromatic heterocycles. The zero-order chi connectivity index (χ0) is 18.4. The number of ether oxygens (including phenoxy) is 1. The van der Waals surface area contributed by atoms with Gasteiger partial charge in [-0.1, -0.05) is 12.1 Å². The molecule has 0 fully saturated rings. The Balaban J connectivity index is 1.60. The second-order valence-corrected chi connectivity index (χ2v) is 7.33. The van der Waals surface area contributed by atoms with Crippen molar-refractivity contribution in [2.75, 3.05) is 7.11 Å². The Hall–Kier alpha value is -3.12. The molecule has 0 saturated heterocycles. The van der Waals surface area contributed by atoms with Gasteiger partial charge in [0, 0.05) is 29.3 Å². The summed E-state index contributed by atoms with van der Waals surface area (Å²) in [5.74, 6) is 0.582. The summed E-state index contributed by atoms with van der Waals surface area (Å²) >= 11 is 1.65. The van der Waals surface area contributed by atoms with Crippen LogP contribution in [0, 0.1) is 6.92 Å². The third kappa shape index (κ3) is 2.78. The fourth-order valence-electron chi connectivity index (χ4n) is 3.38. The van der Waals surface area contributed by atoms with E-state index in [4.69, 9.17) is 9.72 Å². The van der Waals surface area contributed by atoms with Gasteiger partial charge in [0.25, 0.3) is 0 Å². The minimum Gasteiger partial charge on any atom is -0.481 e. The van der Waals surface area contributed by atoms with Crippen molar-refractivity contribution < 1.29 is 4.74 Å². The number of pyridine rings is 1. The van der Waals surface area contributed by atoms with Crippen molar-refractivity contribution in [2.24, 2.45) is 0 Å². The van der Waals surface area contributed by atoms with Gasteiger partial charge in [0.2, 0.25) is 5.88 Å². The van der Waals surface area contributed by atoms with Crippen molar-refractivity contribution in [1.82, 2.24) is 19.9 Å². The van der Waals surface area contributed by atoms with Crippen LogP contribution in [0.1, 0.15) is 22.6 Å². The number of allylic oxidation sites excluding steroid dienone is 1. The molecular weight excluding hydrogens is 356 g/mol. The highest BCUT2D eigenvalue weighted by Gasteiger charge is 2.20. The molecule has 0 N–H and O–H groups in total. The highest BCUT2D eigenvalue weighted by molar-refractivity contribution is 7.16. The molecule has 0 spiro atoms. The molecule has 1 aliphatic rings. The first-order valence-electron chi connectivity index (χ1n) is 8.64. The SMILES string of the molecule is COc1cc(-c2cnc3c(n2)C(c2ccc4ncsc4c2)=CC3)cc(C)n1. The van der Waals surface area contributed by atoms with Gasteiger partial charge in [-0.25, -0.2) is 15.0 Å². The van der Waals surface area contributed by atoms with Gasteiger partial charge in [0.05, 0.1) is 46.1 Å². The predicted molar refractivity (Wildman–Crippen MR) is 107 cm³/mol. The van der Waals surface area contributed by atoms with Crippen molar-refractivity contribution in [1.29, 1.82) is 0 Å². The first kappa shape index (κ1) is 16.1. The highest BCUT2D eigenvalue weighted by Crippen LogP contribution is 2.34. The zero-order valence-electron chi connectivity index (χ0n) is 14.9. The van der Waals surface area contributed by atoms with E-state index in [1.54, 1.807) is 18.4 Å². The minimum absolute atomic E-state index is 0.582. The molecule has 3 heterocycles. The normalized spacial score (nSPS) is 12.9. The Morgan fingerprint density at radius 3 is 2.85 bits per heavy atom. The fourth-order valence-corrected chi connectivity index (χ4v) is 4.10. The van der Waals surface area contributed by atoms with Gasteiger partial charge >= 0.3 is 0 Å². The van der Waals surface area contributed by atoms with Gasteiger partial charge in [-0.15, -0.1) is 11.3 Å². The molecule has 132 valence electrons. The van der Waals surface area contributed by atoms with E-state index in [9.17, 15) is 0 Å². The predicted octanol–water partition coefficient (Wildman–Crippen LogP) is 4.45. The van der Waals surface area contributed by atoms with Gasteiger partial charge in [-0.2, -0.15) is 0 Å². The number of thiazole rings is 1. The lowest BCUT2D eigenvalue weighted by Crippen LogP contribution is -1.99. The van der Waals surface area contributed by atoms with Crippen LogP contribution in [0.4, 0.5) is 0 Å². The molecule has 27 heavy (non-hydrogen) atoms. The third-order valence-electron chi connectivity index (χ3n) is 4.68. The first-order chi connectivity index (χ1) is 13.2. The third-order valence-corrected chi connectivity index (χ3v) is 5.47. The lowest BCUT2D eigenvalue weighted by atomic mass is 10.0. The van der Waals surface area contributed by atoms with E-state index >= 15 is 0 Å². The molecule has 6 heteroatoms. The van der Waals surface area contributed by atoms with E-state index in [1.165, 1.54) is 4.70 Å². The number of rotatable bonds is 3. The summed E-state index contributed by atoms with van der Waals surface area (Å²) in [6.45, 7) is 1.95. The standard InChI is InChI=1S/C21H16N4OS/c1-12-7-14(9-20(24-12)26-2)18-10-22-17-6-4-15(21(17)25-18)13-3-5-16-19(8-13)27-11-23-16/h3-5,7-11H,6H2,1-2H3. The number of benzene rings is 1. The number of aryl methyl sites for hydroxylation is 1. The Labute approximate surface area is 160 Å². The smallest absolute Gasteiger partial charge is 0.213 e. The summed E-state index contributed by atoms with van der Waals surface area (Å²) in [6, 6.07) is 10.2. The lowest BCUT2D eigenvalue weighted by molar-refractivity contribution is 0.397. The maximum atomic E-state index is 5.30. The van der Waals surface area contributed by atoms with E-state index in [0.29, 0.717) is 5.88 Å². The van der Waals surface area contributed by atoms with Crippen LogP contribution >= 0.6 is 11.3 Å². The molecule has 0 unspecified atom stereocenters. The summed E-state index contributed by atoms with van der Waals surface area (Å²) in [5.41, 5.74) is 9.82. The van der Waals surface area contributed by atoms with Crippen LogP contribution in [0.2, 0.25) is 0 Å². The molecule has 0 aliphatic heterocycles. The zero-order valence-corrected chi connectivity index (χ0v) is 15.7. The molecule has 0 bridgehead atoms. The molecule has 5 rings (SSSR count). The lowest BCUT2D eigenvalue weighted by Gasteiger charge is -2.09. The molecule has 0 saturated carbocycles. The summed E-state index contributed by atoms with van der Waals surface area (Å²) in [4.78, 5) is 18.3. The van der Waals surface area contributed by atoms with Gasteiger partial charge in [0.15, 0.2) is 0 Å². The van der Waals surface area contributed by atoms with Crippen LogP contribution in [-0.2, 0) is 6.42 Å². The van der Waals surface area contributed by atoms with Crippen molar-refractivity contribution >= 4 is 27.1 Å². The second kappa shape index (κ2) is 6.25. The summed E-state index contributed by atoms with van der Waals surface area (Å²) in [7, 11) is 1.62. The first-order valence-corrected chi connectivity index (χ1v) is 9.52. The molecule has 0 amide bonds. The number of methoxy groups -OCH3 is 1. The van der Waals surface area contributed by atoms with Crippen LogP contribution in [-0.4, -0.2) is 27.0 Å². The topological polar surface area (TPSA) is 60.8 Å². The number of fused-ring (bicyclic) bond motifs is 2. The van der Waals surface area contributed by atoms with Crippen molar-refractivity contribution in [2.45, 2.75) is 13.3 Å².